The SMILES string of the molecule is CCc1ccc(Cc2c(O[C@@H]3O[C@H](CO)[C@@H](O)[C@H](O)[C@H]3O)nn([C@@H]3CCOC3)c2C)cc1. The Morgan fingerprint density at radius 2 is 1.81 bits per heavy atom. The van der Waals surface area contributed by atoms with E-state index in [1.54, 1.807) is 0 Å². The van der Waals surface area contributed by atoms with Crippen LogP contribution in [0.15, 0.2) is 24.3 Å². The number of aliphatic hydroxyl groups is 4. The van der Waals surface area contributed by atoms with Gasteiger partial charge in [-0.15, -0.1) is 5.10 Å². The van der Waals surface area contributed by atoms with E-state index in [2.05, 4.69) is 36.3 Å². The van der Waals surface area contributed by atoms with E-state index in [-0.39, 0.29) is 6.04 Å². The molecule has 4 N–H and O–H groups in total. The van der Waals surface area contributed by atoms with Crippen molar-refractivity contribution in [2.24, 2.45) is 0 Å². The quantitative estimate of drug-likeness (QED) is 0.482. The summed E-state index contributed by atoms with van der Waals surface area (Å²) >= 11 is 0. The van der Waals surface area contributed by atoms with E-state index in [4.69, 9.17) is 14.2 Å². The van der Waals surface area contributed by atoms with Crippen molar-refractivity contribution in [1.29, 1.82) is 0 Å². The van der Waals surface area contributed by atoms with Crippen molar-refractivity contribution < 1.29 is 34.6 Å². The van der Waals surface area contributed by atoms with Crippen LogP contribution in [0.2, 0.25) is 0 Å². The largest absolute Gasteiger partial charge is 0.443 e. The summed E-state index contributed by atoms with van der Waals surface area (Å²) in [5.41, 5.74) is 4.12. The highest BCUT2D eigenvalue weighted by molar-refractivity contribution is 5.37. The highest BCUT2D eigenvalue weighted by Crippen LogP contribution is 2.32. The molecule has 2 aliphatic rings. The minimum atomic E-state index is -1.51. The van der Waals surface area contributed by atoms with Gasteiger partial charge in [-0.05, 0) is 30.9 Å². The third-order valence-electron chi connectivity index (χ3n) is 6.38. The summed E-state index contributed by atoms with van der Waals surface area (Å²) in [7, 11) is 0. The predicted octanol–water partition coefficient (Wildman–Crippen LogP) is 0.485. The smallest absolute Gasteiger partial charge is 0.239 e. The Balaban J connectivity index is 1.64. The van der Waals surface area contributed by atoms with E-state index >= 15 is 0 Å². The average molecular weight is 449 g/mol. The molecular weight excluding hydrogens is 416 g/mol. The third-order valence-corrected chi connectivity index (χ3v) is 6.38. The first-order valence-corrected chi connectivity index (χ1v) is 11.1. The molecule has 6 atom stereocenters. The lowest BCUT2D eigenvalue weighted by atomic mass is 9.99. The van der Waals surface area contributed by atoms with Crippen LogP contribution in [-0.4, -0.2) is 80.7 Å². The Morgan fingerprint density at radius 3 is 2.44 bits per heavy atom. The number of benzene rings is 1. The Morgan fingerprint density at radius 1 is 1.09 bits per heavy atom. The maximum atomic E-state index is 10.4. The molecule has 2 fully saturated rings. The number of nitrogens with zero attached hydrogens (tertiary/aromatic N) is 2. The molecule has 2 aromatic rings. The van der Waals surface area contributed by atoms with Crippen LogP contribution in [0.25, 0.3) is 0 Å². The predicted molar refractivity (Wildman–Crippen MR) is 114 cm³/mol. The molecule has 9 heteroatoms. The first-order valence-electron chi connectivity index (χ1n) is 11.1. The molecule has 9 nitrogen and oxygen atoms in total. The van der Waals surface area contributed by atoms with Crippen LogP contribution in [0.3, 0.4) is 0 Å². The lowest BCUT2D eigenvalue weighted by Crippen LogP contribution is -2.60. The minimum absolute atomic E-state index is 0.0865. The Bertz CT molecular complexity index is 892. The molecule has 0 aliphatic carbocycles. The second-order valence-electron chi connectivity index (χ2n) is 8.49. The molecule has 0 bridgehead atoms. The third kappa shape index (κ3) is 4.54. The number of aliphatic hydroxyl groups excluding tert-OH is 4. The van der Waals surface area contributed by atoms with Gasteiger partial charge in [0, 0.05) is 24.3 Å². The molecule has 0 unspecified atom stereocenters. The minimum Gasteiger partial charge on any atom is -0.443 e. The molecule has 0 radical (unpaired) electrons. The van der Waals surface area contributed by atoms with Crippen LogP contribution in [0.4, 0.5) is 0 Å². The molecule has 0 spiro atoms. The zero-order chi connectivity index (χ0) is 22.8. The van der Waals surface area contributed by atoms with Crippen LogP contribution >= 0.6 is 0 Å². The maximum absolute atomic E-state index is 10.4. The van der Waals surface area contributed by atoms with Gasteiger partial charge in [0.1, 0.15) is 24.4 Å². The van der Waals surface area contributed by atoms with Crippen LogP contribution in [-0.2, 0) is 22.3 Å². The van der Waals surface area contributed by atoms with Crippen LogP contribution in [0.5, 0.6) is 5.88 Å². The summed E-state index contributed by atoms with van der Waals surface area (Å²) in [5.74, 6) is 0.290. The van der Waals surface area contributed by atoms with Gasteiger partial charge in [0.15, 0.2) is 0 Å². The Labute approximate surface area is 187 Å². The molecule has 2 saturated heterocycles. The van der Waals surface area contributed by atoms with Gasteiger partial charge in [-0.25, -0.2) is 0 Å². The summed E-state index contributed by atoms with van der Waals surface area (Å²) in [5, 5.41) is 44.7. The summed E-state index contributed by atoms with van der Waals surface area (Å²) in [6.45, 7) is 4.79. The van der Waals surface area contributed by atoms with Gasteiger partial charge in [-0.2, -0.15) is 0 Å². The zero-order valence-electron chi connectivity index (χ0n) is 18.4. The van der Waals surface area contributed by atoms with Crippen molar-refractivity contribution >= 4 is 0 Å². The maximum Gasteiger partial charge on any atom is 0.239 e. The molecule has 1 aromatic heterocycles. The van der Waals surface area contributed by atoms with Crippen molar-refractivity contribution in [1.82, 2.24) is 9.78 Å². The van der Waals surface area contributed by atoms with E-state index < -0.39 is 37.3 Å². The first kappa shape index (κ1) is 23.2. The fourth-order valence-corrected chi connectivity index (χ4v) is 4.27. The highest BCUT2D eigenvalue weighted by Gasteiger charge is 2.45. The summed E-state index contributed by atoms with van der Waals surface area (Å²) in [4.78, 5) is 0. The van der Waals surface area contributed by atoms with Gasteiger partial charge in [0.25, 0.3) is 0 Å². The Hall–Kier alpha value is -2.01. The number of ether oxygens (including phenoxy) is 3. The normalized spacial score (nSPS) is 30.6. The van der Waals surface area contributed by atoms with Crippen LogP contribution < -0.4 is 4.74 Å². The highest BCUT2D eigenvalue weighted by atomic mass is 16.7. The Kier molecular flexibility index (Phi) is 7.14. The molecule has 32 heavy (non-hydrogen) atoms. The van der Waals surface area contributed by atoms with E-state index in [0.717, 1.165) is 29.7 Å². The number of aryl methyl sites for hydroxylation is 1. The molecule has 2 aliphatic heterocycles. The molecule has 0 amide bonds. The van der Waals surface area contributed by atoms with Crippen molar-refractivity contribution in [2.75, 3.05) is 19.8 Å². The number of rotatable bonds is 7. The summed E-state index contributed by atoms with van der Waals surface area (Å²) in [6.07, 6.45) is -4.41. The van der Waals surface area contributed by atoms with Gasteiger partial charge in [-0.3, -0.25) is 4.68 Å². The van der Waals surface area contributed by atoms with Crippen molar-refractivity contribution in [3.8, 4) is 5.88 Å². The van der Waals surface area contributed by atoms with Gasteiger partial charge in [0.05, 0.1) is 19.3 Å². The molecule has 0 saturated carbocycles. The average Bonchev–Trinajstić information content (AvgIpc) is 3.44. The number of hydrogen-bond donors (Lipinski definition) is 4. The molecule has 176 valence electrons. The molecule has 4 rings (SSSR count). The van der Waals surface area contributed by atoms with Gasteiger partial charge in [0.2, 0.25) is 12.2 Å². The molecule has 3 heterocycles. The van der Waals surface area contributed by atoms with Gasteiger partial charge < -0.3 is 34.6 Å². The van der Waals surface area contributed by atoms with Crippen LogP contribution in [0.1, 0.15) is 41.8 Å². The van der Waals surface area contributed by atoms with E-state index in [9.17, 15) is 20.4 Å². The number of aromatic nitrogens is 2. The number of hydrogen-bond acceptors (Lipinski definition) is 8. The van der Waals surface area contributed by atoms with Crippen molar-refractivity contribution in [3.05, 3.63) is 46.6 Å². The lowest BCUT2D eigenvalue weighted by Gasteiger charge is -2.39. The fourth-order valence-electron chi connectivity index (χ4n) is 4.27. The summed E-state index contributed by atoms with van der Waals surface area (Å²) < 4.78 is 18.9. The van der Waals surface area contributed by atoms with Crippen molar-refractivity contribution in [2.45, 2.75) is 69.9 Å². The topological polar surface area (TPSA) is 126 Å². The zero-order valence-corrected chi connectivity index (χ0v) is 18.4. The van der Waals surface area contributed by atoms with Gasteiger partial charge >= 0.3 is 0 Å². The van der Waals surface area contributed by atoms with Crippen molar-refractivity contribution in [3.63, 3.8) is 0 Å². The van der Waals surface area contributed by atoms with Gasteiger partial charge in [-0.1, -0.05) is 31.2 Å². The first-order chi connectivity index (χ1) is 15.4. The van der Waals surface area contributed by atoms with E-state index in [1.807, 2.05) is 11.6 Å². The summed E-state index contributed by atoms with van der Waals surface area (Å²) in [6, 6.07) is 8.43. The second kappa shape index (κ2) is 9.86. The van der Waals surface area contributed by atoms with E-state index in [0.29, 0.717) is 25.5 Å². The fraction of sp³-hybridized carbons (Fsp3) is 0.609. The van der Waals surface area contributed by atoms with E-state index in [1.165, 1.54) is 5.56 Å². The molecular formula is C23H32N2O7. The molecule has 1 aromatic carbocycles. The standard InChI is InChI=1S/C23H32N2O7/c1-3-14-4-6-15(7-5-14)10-17-13(2)25(16-8-9-30-12-16)24-22(17)32-23-21(29)20(28)19(27)18(11-26)31-23/h4-7,16,18-21,23,26-29H,3,8-12H2,1-2H3/t16-,18-,19-,20+,21-,23+/m1/s1. The lowest BCUT2D eigenvalue weighted by molar-refractivity contribution is -0.278. The monoisotopic (exact) mass is 448 g/mol. The van der Waals surface area contributed by atoms with Crippen LogP contribution in [0, 0.1) is 6.92 Å². The second-order valence-corrected chi connectivity index (χ2v) is 8.49.